The predicted octanol–water partition coefficient (Wildman–Crippen LogP) is 2.22. The summed E-state index contributed by atoms with van der Waals surface area (Å²) in [6, 6.07) is 9.42. The Labute approximate surface area is 105 Å². The van der Waals surface area contributed by atoms with Crippen LogP contribution in [-0.2, 0) is 4.74 Å². The molecular weight excluding hydrogens is 230 g/mol. The second-order valence-corrected chi connectivity index (χ2v) is 3.84. The molecule has 94 valence electrons. The van der Waals surface area contributed by atoms with Crippen LogP contribution in [-0.4, -0.2) is 27.6 Å². The molecule has 0 aliphatic heterocycles. The highest BCUT2D eigenvalue weighted by Gasteiger charge is 2.12. The van der Waals surface area contributed by atoms with Crippen LogP contribution in [0.2, 0.25) is 0 Å². The summed E-state index contributed by atoms with van der Waals surface area (Å²) in [7, 11) is 0. The van der Waals surface area contributed by atoms with E-state index in [1.165, 1.54) is 11.0 Å². The Hall–Kier alpha value is -2.17. The van der Waals surface area contributed by atoms with Gasteiger partial charge < -0.3 is 4.74 Å². The Morgan fingerprint density at radius 1 is 1.33 bits per heavy atom. The predicted molar refractivity (Wildman–Crippen MR) is 66.5 cm³/mol. The van der Waals surface area contributed by atoms with Gasteiger partial charge in [0.15, 0.2) is 5.69 Å². The first-order valence-corrected chi connectivity index (χ1v) is 5.96. The van der Waals surface area contributed by atoms with E-state index in [9.17, 15) is 4.79 Å². The van der Waals surface area contributed by atoms with Gasteiger partial charge in [-0.15, -0.1) is 5.10 Å². The molecule has 0 bridgehead atoms. The minimum atomic E-state index is -0.425. The molecule has 0 spiro atoms. The lowest BCUT2D eigenvalue weighted by atomic mass is 10.3. The molecular formula is C13H15N3O2. The molecule has 1 aromatic heterocycles. The third kappa shape index (κ3) is 2.94. The zero-order valence-electron chi connectivity index (χ0n) is 10.2. The number of esters is 1. The van der Waals surface area contributed by atoms with E-state index in [-0.39, 0.29) is 5.69 Å². The normalized spacial score (nSPS) is 10.3. The van der Waals surface area contributed by atoms with Gasteiger partial charge in [-0.05, 0) is 18.6 Å². The minimum Gasteiger partial charge on any atom is -0.461 e. The summed E-state index contributed by atoms with van der Waals surface area (Å²) >= 11 is 0. The van der Waals surface area contributed by atoms with Crippen molar-refractivity contribution in [2.24, 2.45) is 0 Å². The molecule has 5 heteroatoms. The van der Waals surface area contributed by atoms with Gasteiger partial charge in [-0.1, -0.05) is 31.5 Å². The molecule has 0 unspecified atom stereocenters. The second kappa shape index (κ2) is 5.95. The topological polar surface area (TPSA) is 57.0 Å². The van der Waals surface area contributed by atoms with E-state index in [0.717, 1.165) is 18.5 Å². The zero-order chi connectivity index (χ0) is 12.8. The van der Waals surface area contributed by atoms with Crippen LogP contribution in [0.5, 0.6) is 0 Å². The molecule has 18 heavy (non-hydrogen) atoms. The van der Waals surface area contributed by atoms with Gasteiger partial charge >= 0.3 is 5.97 Å². The van der Waals surface area contributed by atoms with Gasteiger partial charge in [-0.2, -0.15) is 9.90 Å². The number of carbonyl (C=O) groups is 1. The van der Waals surface area contributed by atoms with Crippen molar-refractivity contribution in [3.05, 3.63) is 42.2 Å². The molecule has 0 aliphatic rings. The number of aromatic nitrogens is 3. The average Bonchev–Trinajstić information content (AvgIpc) is 2.89. The van der Waals surface area contributed by atoms with Gasteiger partial charge in [0.1, 0.15) is 0 Å². The van der Waals surface area contributed by atoms with E-state index in [2.05, 4.69) is 10.2 Å². The number of benzene rings is 1. The molecule has 0 aliphatic carbocycles. The Kier molecular flexibility index (Phi) is 4.06. The number of hydrogen-bond acceptors (Lipinski definition) is 4. The third-order valence-electron chi connectivity index (χ3n) is 2.42. The number of unbranched alkanes of at least 4 members (excludes halogenated alkanes) is 1. The fraction of sp³-hybridized carbons (Fsp3) is 0.308. The minimum absolute atomic E-state index is 0.231. The Morgan fingerprint density at radius 2 is 2.11 bits per heavy atom. The highest BCUT2D eigenvalue weighted by Crippen LogP contribution is 2.05. The molecule has 0 N–H and O–H groups in total. The Balaban J connectivity index is 2.04. The molecule has 0 amide bonds. The molecule has 1 heterocycles. The molecule has 0 atom stereocenters. The van der Waals surface area contributed by atoms with E-state index in [1.54, 1.807) is 0 Å². The van der Waals surface area contributed by atoms with Gasteiger partial charge in [-0.25, -0.2) is 4.79 Å². The monoisotopic (exact) mass is 245 g/mol. The maximum atomic E-state index is 11.6. The number of nitrogens with zero attached hydrogens (tertiary/aromatic N) is 3. The van der Waals surface area contributed by atoms with Gasteiger partial charge in [-0.3, -0.25) is 0 Å². The number of ether oxygens (including phenoxy) is 1. The van der Waals surface area contributed by atoms with Gasteiger partial charge in [0.25, 0.3) is 0 Å². The summed E-state index contributed by atoms with van der Waals surface area (Å²) in [4.78, 5) is 13.0. The van der Waals surface area contributed by atoms with Crippen LogP contribution in [0.1, 0.15) is 30.3 Å². The van der Waals surface area contributed by atoms with E-state index in [4.69, 9.17) is 4.74 Å². The van der Waals surface area contributed by atoms with Gasteiger partial charge in [0.2, 0.25) is 0 Å². The van der Waals surface area contributed by atoms with Crippen molar-refractivity contribution in [3.63, 3.8) is 0 Å². The van der Waals surface area contributed by atoms with Crippen molar-refractivity contribution in [3.8, 4) is 5.69 Å². The van der Waals surface area contributed by atoms with Crippen molar-refractivity contribution in [2.75, 3.05) is 6.61 Å². The van der Waals surface area contributed by atoms with Crippen molar-refractivity contribution < 1.29 is 9.53 Å². The first kappa shape index (κ1) is 12.3. The number of carbonyl (C=O) groups excluding carboxylic acids is 1. The van der Waals surface area contributed by atoms with Gasteiger partial charge in [0, 0.05) is 0 Å². The lowest BCUT2D eigenvalue weighted by Gasteiger charge is -2.00. The molecule has 1 aromatic carbocycles. The standard InChI is InChI=1S/C13H15N3O2/c1-2-3-9-18-13(17)12-10-14-16(15-12)11-7-5-4-6-8-11/h4-8,10H,2-3,9H2,1H3. The summed E-state index contributed by atoms with van der Waals surface area (Å²) < 4.78 is 5.06. The van der Waals surface area contributed by atoms with Crippen LogP contribution in [0.15, 0.2) is 36.5 Å². The van der Waals surface area contributed by atoms with Crippen LogP contribution < -0.4 is 0 Å². The fourth-order valence-electron chi connectivity index (χ4n) is 1.43. The highest BCUT2D eigenvalue weighted by molar-refractivity contribution is 5.86. The average molecular weight is 245 g/mol. The quantitative estimate of drug-likeness (QED) is 0.598. The first-order valence-electron chi connectivity index (χ1n) is 5.96. The second-order valence-electron chi connectivity index (χ2n) is 3.84. The van der Waals surface area contributed by atoms with Crippen LogP contribution >= 0.6 is 0 Å². The molecule has 2 aromatic rings. The fourth-order valence-corrected chi connectivity index (χ4v) is 1.43. The molecule has 0 radical (unpaired) electrons. The molecule has 0 saturated heterocycles. The molecule has 2 rings (SSSR count). The van der Waals surface area contributed by atoms with E-state index >= 15 is 0 Å². The summed E-state index contributed by atoms with van der Waals surface area (Å²) in [5.74, 6) is -0.425. The van der Waals surface area contributed by atoms with Crippen LogP contribution in [0, 0.1) is 0 Å². The summed E-state index contributed by atoms with van der Waals surface area (Å²) in [5.41, 5.74) is 1.04. The van der Waals surface area contributed by atoms with E-state index in [1.807, 2.05) is 37.3 Å². The van der Waals surface area contributed by atoms with Crippen molar-refractivity contribution in [1.82, 2.24) is 15.0 Å². The van der Waals surface area contributed by atoms with E-state index in [0.29, 0.717) is 6.61 Å². The van der Waals surface area contributed by atoms with Crippen LogP contribution in [0.25, 0.3) is 5.69 Å². The smallest absolute Gasteiger partial charge is 0.360 e. The lowest BCUT2D eigenvalue weighted by Crippen LogP contribution is -2.08. The largest absolute Gasteiger partial charge is 0.461 e. The summed E-state index contributed by atoms with van der Waals surface area (Å²) in [5, 5.41) is 8.13. The maximum Gasteiger partial charge on any atom is 0.360 e. The van der Waals surface area contributed by atoms with Gasteiger partial charge in [0.05, 0.1) is 18.5 Å². The molecule has 5 nitrogen and oxygen atoms in total. The molecule has 0 fully saturated rings. The van der Waals surface area contributed by atoms with E-state index < -0.39 is 5.97 Å². The maximum absolute atomic E-state index is 11.6. The zero-order valence-corrected chi connectivity index (χ0v) is 10.2. The number of rotatable bonds is 5. The van der Waals surface area contributed by atoms with Crippen LogP contribution in [0.4, 0.5) is 0 Å². The van der Waals surface area contributed by atoms with Crippen molar-refractivity contribution in [1.29, 1.82) is 0 Å². The highest BCUT2D eigenvalue weighted by atomic mass is 16.5. The molecule has 0 saturated carbocycles. The van der Waals surface area contributed by atoms with Crippen molar-refractivity contribution >= 4 is 5.97 Å². The summed E-state index contributed by atoms with van der Waals surface area (Å²) in [6.07, 6.45) is 3.27. The third-order valence-corrected chi connectivity index (χ3v) is 2.42. The Morgan fingerprint density at radius 3 is 2.83 bits per heavy atom. The first-order chi connectivity index (χ1) is 8.81. The van der Waals surface area contributed by atoms with Crippen molar-refractivity contribution in [2.45, 2.75) is 19.8 Å². The summed E-state index contributed by atoms with van der Waals surface area (Å²) in [6.45, 7) is 2.47. The SMILES string of the molecule is CCCCOC(=O)c1cnn(-c2ccccc2)n1. The lowest BCUT2D eigenvalue weighted by molar-refractivity contribution is 0.0492. The van der Waals surface area contributed by atoms with Crippen LogP contribution in [0.3, 0.4) is 0 Å². The number of hydrogen-bond donors (Lipinski definition) is 0. The number of para-hydroxylation sites is 1. The Bertz CT molecular complexity index is 508.